The fourth-order valence-corrected chi connectivity index (χ4v) is 3.02. The highest BCUT2D eigenvalue weighted by Crippen LogP contribution is 2.32. The van der Waals surface area contributed by atoms with Gasteiger partial charge in [0.15, 0.2) is 0 Å². The van der Waals surface area contributed by atoms with Crippen LogP contribution in [0.5, 0.6) is 0 Å². The second-order valence-corrected chi connectivity index (χ2v) is 7.11. The van der Waals surface area contributed by atoms with E-state index in [2.05, 4.69) is 9.94 Å². The van der Waals surface area contributed by atoms with Gasteiger partial charge < -0.3 is 14.8 Å². The second kappa shape index (κ2) is 5.32. The summed E-state index contributed by atoms with van der Waals surface area (Å²) in [4.78, 5) is 1.52. The lowest BCUT2D eigenvalue weighted by atomic mass is 10.3. The van der Waals surface area contributed by atoms with Gasteiger partial charge in [-0.05, 0) is 25.1 Å². The number of anilines is 1. The van der Waals surface area contributed by atoms with Crippen LogP contribution in [0.2, 0.25) is 0 Å². The molecule has 2 N–H and O–H groups in total. The third kappa shape index (κ3) is 3.03. The highest BCUT2D eigenvalue weighted by molar-refractivity contribution is 7.86. The van der Waals surface area contributed by atoms with Crippen molar-refractivity contribution in [3.8, 4) is 5.69 Å². The van der Waals surface area contributed by atoms with Crippen molar-refractivity contribution in [3.63, 3.8) is 0 Å². The first kappa shape index (κ1) is 16.9. The van der Waals surface area contributed by atoms with Gasteiger partial charge >= 0.3 is 0 Å². The largest absolute Gasteiger partial charge is 0.744 e. The van der Waals surface area contributed by atoms with Gasteiger partial charge in [0, 0.05) is 0 Å². The Morgan fingerprint density at radius 3 is 2.26 bits per heavy atom. The van der Waals surface area contributed by atoms with Gasteiger partial charge in [-0.3, -0.25) is 0 Å². The molecule has 1 aromatic carbocycles. The summed E-state index contributed by atoms with van der Waals surface area (Å²) in [5.41, 5.74) is 5.21. The van der Waals surface area contributed by atoms with Crippen LogP contribution in [-0.2, 0) is 20.2 Å². The monoisotopic (exact) mass is 356 g/mol. The van der Waals surface area contributed by atoms with E-state index in [1.807, 2.05) is 0 Å². The van der Waals surface area contributed by atoms with Crippen LogP contribution in [0.25, 0.3) is 10.5 Å². The Morgan fingerprint density at radius 2 is 1.83 bits per heavy atom. The predicted molar refractivity (Wildman–Crippen MR) is 74.9 cm³/mol. The quantitative estimate of drug-likeness (QED) is 0.598. The molecule has 0 unspecified atom stereocenters. The van der Waals surface area contributed by atoms with E-state index in [-0.39, 0.29) is 17.2 Å². The maximum absolute atomic E-state index is 11.3. The Labute approximate surface area is 131 Å². The topological polar surface area (TPSA) is 163 Å². The molecule has 0 spiro atoms. The smallest absolute Gasteiger partial charge is 0.250 e. The number of nitrogen functional groups attached to an aromatic ring is 1. The Bertz CT molecular complexity index is 1050. The van der Waals surface area contributed by atoms with E-state index >= 15 is 0 Å². The van der Waals surface area contributed by atoms with Gasteiger partial charge in [-0.25, -0.2) is 26.4 Å². The number of hydrogen-bond donors (Lipinski definition) is 1. The number of rotatable bonds is 3. The average Bonchev–Trinajstić information content (AvgIpc) is 2.70. The summed E-state index contributed by atoms with van der Waals surface area (Å²) in [7, 11) is -9.92. The summed E-state index contributed by atoms with van der Waals surface area (Å²) in [6, 6.07) is 2.04. The van der Waals surface area contributed by atoms with Crippen LogP contribution in [0.4, 0.5) is 11.5 Å². The van der Waals surface area contributed by atoms with Gasteiger partial charge in [-0.15, -0.1) is 0 Å². The lowest BCUT2D eigenvalue weighted by molar-refractivity contribution is 0.458. The lowest BCUT2D eigenvalue weighted by Gasteiger charge is -2.16. The number of benzene rings is 1. The molecule has 0 aliphatic rings. The zero-order valence-electron chi connectivity index (χ0n) is 11.4. The molecule has 2 rings (SSSR count). The minimum atomic E-state index is -5.01. The summed E-state index contributed by atoms with van der Waals surface area (Å²) < 4.78 is 68.0. The molecule has 23 heavy (non-hydrogen) atoms. The van der Waals surface area contributed by atoms with Crippen molar-refractivity contribution in [1.29, 1.82) is 0 Å². The summed E-state index contributed by atoms with van der Waals surface area (Å²) >= 11 is 0. The number of nitrogens with zero attached hydrogens (tertiary/aromatic N) is 3. The van der Waals surface area contributed by atoms with Crippen LogP contribution in [0.15, 0.2) is 28.0 Å². The van der Waals surface area contributed by atoms with E-state index in [1.165, 1.54) is 6.92 Å². The molecule has 12 heteroatoms. The van der Waals surface area contributed by atoms with E-state index in [1.54, 1.807) is 0 Å². The van der Waals surface area contributed by atoms with Gasteiger partial charge in [0.2, 0.25) is 5.69 Å². The standard InChI is InChI=1S/C11H10N4O6S2/c1-6-10(13-2)11(12)15(14-6)8-5-7(22(16,17)18)3-4-9(8)23(19,20)21/h3-5H,12H2,1H3,(H,16,17,18)(H,19,20,21)/p-2. The molecular formula is C11H8N4O6S2-2. The first-order valence-corrected chi connectivity index (χ1v) is 8.57. The van der Waals surface area contributed by atoms with Crippen LogP contribution in [0.3, 0.4) is 0 Å². The van der Waals surface area contributed by atoms with E-state index in [0.717, 1.165) is 4.68 Å². The maximum atomic E-state index is 11.3. The second-order valence-electron chi connectivity index (χ2n) is 4.38. The molecular weight excluding hydrogens is 348 g/mol. The molecule has 0 fully saturated rings. The fraction of sp³-hybridized carbons (Fsp3) is 0.0909. The van der Waals surface area contributed by atoms with Crippen LogP contribution in [0.1, 0.15) is 5.69 Å². The molecule has 0 radical (unpaired) electrons. The molecule has 0 amide bonds. The summed E-state index contributed by atoms with van der Waals surface area (Å²) in [5, 5.41) is 3.83. The molecule has 0 bridgehead atoms. The normalized spacial score (nSPS) is 12.1. The summed E-state index contributed by atoms with van der Waals surface area (Å²) in [6.07, 6.45) is 0. The van der Waals surface area contributed by atoms with Crippen LogP contribution < -0.4 is 5.73 Å². The molecule has 0 atom stereocenters. The van der Waals surface area contributed by atoms with Gasteiger partial charge in [-0.1, -0.05) is 0 Å². The lowest BCUT2D eigenvalue weighted by Crippen LogP contribution is -2.11. The van der Waals surface area contributed by atoms with Crippen molar-refractivity contribution in [2.24, 2.45) is 0 Å². The number of aryl methyl sites for hydroxylation is 1. The number of aromatic nitrogens is 2. The molecule has 1 heterocycles. The van der Waals surface area contributed by atoms with E-state index in [0.29, 0.717) is 18.2 Å². The van der Waals surface area contributed by atoms with Gasteiger partial charge in [0.1, 0.15) is 26.1 Å². The maximum Gasteiger partial charge on any atom is 0.250 e. The highest BCUT2D eigenvalue weighted by Gasteiger charge is 2.20. The summed E-state index contributed by atoms with van der Waals surface area (Å²) in [5.74, 6) is -0.289. The van der Waals surface area contributed by atoms with Crippen molar-refractivity contribution in [2.45, 2.75) is 16.7 Å². The molecule has 2 aromatic rings. The molecule has 10 nitrogen and oxygen atoms in total. The summed E-state index contributed by atoms with van der Waals surface area (Å²) in [6.45, 7) is 8.40. The minimum absolute atomic E-state index is 0.0883. The Kier molecular flexibility index (Phi) is 3.91. The van der Waals surface area contributed by atoms with Crippen molar-refractivity contribution in [3.05, 3.63) is 35.3 Å². The SMILES string of the molecule is [C-]#[N+]c1c(C)nn(-c2cc(S(=O)(=O)[O-])ccc2S(=O)(=O)[O-])c1N. The van der Waals surface area contributed by atoms with Crippen molar-refractivity contribution in [2.75, 3.05) is 5.73 Å². The molecule has 0 aliphatic carbocycles. The Morgan fingerprint density at radius 1 is 1.22 bits per heavy atom. The van der Waals surface area contributed by atoms with Crippen molar-refractivity contribution >= 4 is 31.7 Å². The van der Waals surface area contributed by atoms with E-state index in [4.69, 9.17) is 12.3 Å². The average molecular weight is 356 g/mol. The van der Waals surface area contributed by atoms with Gasteiger partial charge in [0.05, 0.1) is 27.7 Å². The number of hydrogen-bond acceptors (Lipinski definition) is 8. The van der Waals surface area contributed by atoms with Crippen LogP contribution in [-0.4, -0.2) is 35.7 Å². The fourth-order valence-electron chi connectivity index (χ4n) is 1.89. The molecule has 1 aromatic heterocycles. The van der Waals surface area contributed by atoms with Crippen LogP contribution >= 0.6 is 0 Å². The predicted octanol–water partition coefficient (Wildman–Crippen LogP) is 0.122. The van der Waals surface area contributed by atoms with Crippen LogP contribution in [0, 0.1) is 13.5 Å². The van der Waals surface area contributed by atoms with Gasteiger partial charge in [0.25, 0.3) is 0 Å². The third-order valence-corrected chi connectivity index (χ3v) is 4.61. The first-order chi connectivity index (χ1) is 10.5. The first-order valence-electron chi connectivity index (χ1n) is 5.75. The zero-order valence-corrected chi connectivity index (χ0v) is 13.1. The van der Waals surface area contributed by atoms with Crippen molar-refractivity contribution < 1.29 is 25.9 Å². The third-order valence-electron chi connectivity index (χ3n) is 2.89. The number of nitrogens with two attached hydrogens (primary N) is 1. The van der Waals surface area contributed by atoms with E-state index in [9.17, 15) is 25.9 Å². The highest BCUT2D eigenvalue weighted by atomic mass is 32.2. The zero-order chi connectivity index (χ0) is 17.6. The molecule has 0 saturated carbocycles. The molecule has 122 valence electrons. The van der Waals surface area contributed by atoms with E-state index < -0.39 is 35.7 Å². The minimum Gasteiger partial charge on any atom is -0.744 e. The molecule has 0 saturated heterocycles. The molecule has 0 aliphatic heterocycles. The van der Waals surface area contributed by atoms with Gasteiger partial charge in [-0.2, -0.15) is 5.10 Å². The Balaban J connectivity index is 2.92. The van der Waals surface area contributed by atoms with Crippen molar-refractivity contribution in [1.82, 2.24) is 9.78 Å². The Hall–Kier alpha value is -2.46.